The summed E-state index contributed by atoms with van der Waals surface area (Å²) in [5.74, 6) is 2.45. The first-order chi connectivity index (χ1) is 8.31. The molecule has 1 heterocycles. The van der Waals surface area contributed by atoms with Gasteiger partial charge in [0.1, 0.15) is 0 Å². The zero-order chi connectivity index (χ0) is 12.1. The molecule has 1 aliphatic heterocycles. The fourth-order valence-corrected chi connectivity index (χ4v) is 2.07. The molecule has 0 N–H and O–H groups in total. The smallest absolute Gasteiger partial charge is 0.163 e. The van der Waals surface area contributed by atoms with Crippen LogP contribution in [0, 0.1) is 0 Å². The number of fused-ring (bicyclic) bond motifs is 1. The standard InChI is InChI=1S/C13H16O3S/c1-17-8-5-11(14)10-3-4-12-13(9-10)16-7-2-6-15-12/h3-4,9H,2,5-8H2,1H3. The lowest BCUT2D eigenvalue weighted by Crippen LogP contribution is -2.01. The molecule has 0 fully saturated rings. The number of ether oxygens (including phenoxy) is 2. The van der Waals surface area contributed by atoms with E-state index in [9.17, 15) is 4.79 Å². The Morgan fingerprint density at radius 3 is 2.82 bits per heavy atom. The summed E-state index contributed by atoms with van der Waals surface area (Å²) in [6, 6.07) is 5.44. The van der Waals surface area contributed by atoms with Crippen molar-refractivity contribution in [3.63, 3.8) is 0 Å². The van der Waals surface area contributed by atoms with Gasteiger partial charge in [-0.1, -0.05) is 0 Å². The molecule has 0 amide bonds. The van der Waals surface area contributed by atoms with Gasteiger partial charge in [0, 0.05) is 24.2 Å². The minimum absolute atomic E-state index is 0.162. The third-order valence-corrected chi connectivity index (χ3v) is 3.22. The molecule has 17 heavy (non-hydrogen) atoms. The van der Waals surface area contributed by atoms with E-state index in [0.717, 1.165) is 17.9 Å². The topological polar surface area (TPSA) is 35.5 Å². The molecular weight excluding hydrogens is 236 g/mol. The van der Waals surface area contributed by atoms with E-state index in [1.807, 2.05) is 18.4 Å². The number of carbonyl (C=O) groups excluding carboxylic acids is 1. The Morgan fingerprint density at radius 1 is 1.29 bits per heavy atom. The number of ketones is 1. The second-order valence-electron chi connectivity index (χ2n) is 3.88. The van der Waals surface area contributed by atoms with E-state index in [0.29, 0.717) is 30.9 Å². The van der Waals surface area contributed by atoms with Crippen LogP contribution in [0.5, 0.6) is 11.5 Å². The third-order valence-electron chi connectivity index (χ3n) is 2.60. The molecule has 0 unspecified atom stereocenters. The lowest BCUT2D eigenvalue weighted by Gasteiger charge is -2.08. The van der Waals surface area contributed by atoms with Crippen molar-refractivity contribution in [1.29, 1.82) is 0 Å². The maximum Gasteiger partial charge on any atom is 0.163 e. The molecule has 0 saturated carbocycles. The van der Waals surface area contributed by atoms with E-state index in [-0.39, 0.29) is 5.78 Å². The summed E-state index contributed by atoms with van der Waals surface area (Å²) in [7, 11) is 0. The van der Waals surface area contributed by atoms with Crippen LogP contribution in [0.4, 0.5) is 0 Å². The van der Waals surface area contributed by atoms with Gasteiger partial charge < -0.3 is 9.47 Å². The summed E-state index contributed by atoms with van der Waals surface area (Å²) in [4.78, 5) is 11.9. The van der Waals surface area contributed by atoms with Crippen LogP contribution in [-0.2, 0) is 0 Å². The Hall–Kier alpha value is -1.16. The van der Waals surface area contributed by atoms with E-state index in [1.165, 1.54) is 0 Å². The highest BCUT2D eigenvalue weighted by Crippen LogP contribution is 2.30. The Kier molecular flexibility index (Phi) is 4.31. The van der Waals surface area contributed by atoms with Crippen LogP contribution in [0.3, 0.4) is 0 Å². The zero-order valence-electron chi connectivity index (χ0n) is 9.90. The number of Topliss-reactive ketones (excluding diaryl/α,β-unsaturated/α-hetero) is 1. The Labute approximate surface area is 105 Å². The molecule has 0 bridgehead atoms. The van der Waals surface area contributed by atoms with E-state index < -0.39 is 0 Å². The Balaban J connectivity index is 2.14. The van der Waals surface area contributed by atoms with Crippen LogP contribution < -0.4 is 9.47 Å². The van der Waals surface area contributed by atoms with Crippen LogP contribution in [0.1, 0.15) is 23.2 Å². The highest BCUT2D eigenvalue weighted by Gasteiger charge is 2.13. The van der Waals surface area contributed by atoms with Crippen molar-refractivity contribution in [1.82, 2.24) is 0 Å². The minimum Gasteiger partial charge on any atom is -0.490 e. The van der Waals surface area contributed by atoms with Crippen molar-refractivity contribution in [2.45, 2.75) is 12.8 Å². The summed E-state index contributed by atoms with van der Waals surface area (Å²) in [6.45, 7) is 1.32. The van der Waals surface area contributed by atoms with Gasteiger partial charge in [-0.3, -0.25) is 4.79 Å². The maximum atomic E-state index is 11.9. The molecule has 3 nitrogen and oxygen atoms in total. The van der Waals surface area contributed by atoms with Gasteiger partial charge in [0.15, 0.2) is 17.3 Å². The average molecular weight is 252 g/mol. The van der Waals surface area contributed by atoms with Crippen molar-refractivity contribution >= 4 is 17.5 Å². The van der Waals surface area contributed by atoms with Crippen LogP contribution in [-0.4, -0.2) is 31.0 Å². The number of hydrogen-bond acceptors (Lipinski definition) is 4. The molecule has 0 saturated heterocycles. The first-order valence-electron chi connectivity index (χ1n) is 5.73. The molecule has 0 aliphatic carbocycles. The number of hydrogen-bond donors (Lipinski definition) is 0. The van der Waals surface area contributed by atoms with Gasteiger partial charge in [0.2, 0.25) is 0 Å². The number of carbonyl (C=O) groups is 1. The fraction of sp³-hybridized carbons (Fsp3) is 0.462. The molecule has 1 aromatic rings. The predicted octanol–water partition coefficient (Wildman–Crippen LogP) is 2.78. The fourth-order valence-electron chi connectivity index (χ4n) is 1.68. The molecule has 92 valence electrons. The van der Waals surface area contributed by atoms with Gasteiger partial charge in [-0.2, -0.15) is 11.8 Å². The minimum atomic E-state index is 0.162. The first-order valence-corrected chi connectivity index (χ1v) is 7.12. The molecule has 1 aromatic carbocycles. The maximum absolute atomic E-state index is 11.9. The monoisotopic (exact) mass is 252 g/mol. The van der Waals surface area contributed by atoms with Gasteiger partial charge in [-0.25, -0.2) is 0 Å². The molecule has 0 radical (unpaired) electrons. The highest BCUT2D eigenvalue weighted by atomic mass is 32.2. The second kappa shape index (κ2) is 5.96. The van der Waals surface area contributed by atoms with E-state index in [4.69, 9.17) is 9.47 Å². The van der Waals surface area contributed by atoms with Crippen LogP contribution >= 0.6 is 11.8 Å². The SMILES string of the molecule is CSCCC(=O)c1ccc2c(c1)OCCCO2. The van der Waals surface area contributed by atoms with Crippen LogP contribution in [0.25, 0.3) is 0 Å². The van der Waals surface area contributed by atoms with Crippen molar-refractivity contribution in [3.8, 4) is 11.5 Å². The zero-order valence-corrected chi connectivity index (χ0v) is 10.7. The first kappa shape index (κ1) is 12.3. The summed E-state index contributed by atoms with van der Waals surface area (Å²) in [5, 5.41) is 0. The van der Waals surface area contributed by atoms with Gasteiger partial charge in [-0.15, -0.1) is 0 Å². The third kappa shape index (κ3) is 3.16. The molecule has 2 rings (SSSR count). The summed E-state index contributed by atoms with van der Waals surface area (Å²) >= 11 is 1.68. The van der Waals surface area contributed by atoms with Gasteiger partial charge >= 0.3 is 0 Å². The van der Waals surface area contributed by atoms with Crippen LogP contribution in [0.2, 0.25) is 0 Å². The summed E-state index contributed by atoms with van der Waals surface area (Å²) < 4.78 is 11.1. The largest absolute Gasteiger partial charge is 0.490 e. The van der Waals surface area contributed by atoms with E-state index in [2.05, 4.69) is 0 Å². The molecule has 4 heteroatoms. The molecule has 0 spiro atoms. The quantitative estimate of drug-likeness (QED) is 0.772. The average Bonchev–Trinajstić information content (AvgIpc) is 2.60. The number of thioether (sulfide) groups is 1. The molecule has 0 atom stereocenters. The molecule has 0 aromatic heterocycles. The predicted molar refractivity (Wildman–Crippen MR) is 69.4 cm³/mol. The molecular formula is C13H16O3S. The van der Waals surface area contributed by atoms with Crippen LogP contribution in [0.15, 0.2) is 18.2 Å². The van der Waals surface area contributed by atoms with Crippen molar-refractivity contribution in [3.05, 3.63) is 23.8 Å². The van der Waals surface area contributed by atoms with Gasteiger partial charge in [-0.05, 0) is 24.5 Å². The lowest BCUT2D eigenvalue weighted by molar-refractivity contribution is 0.0989. The summed E-state index contributed by atoms with van der Waals surface area (Å²) in [5.41, 5.74) is 0.711. The van der Waals surface area contributed by atoms with E-state index in [1.54, 1.807) is 17.8 Å². The number of rotatable bonds is 4. The second-order valence-corrected chi connectivity index (χ2v) is 4.86. The van der Waals surface area contributed by atoms with E-state index >= 15 is 0 Å². The normalized spacial score (nSPS) is 14.2. The molecule has 1 aliphatic rings. The van der Waals surface area contributed by atoms with Crippen molar-refractivity contribution in [2.75, 3.05) is 25.2 Å². The lowest BCUT2D eigenvalue weighted by atomic mass is 10.1. The highest BCUT2D eigenvalue weighted by molar-refractivity contribution is 7.98. The summed E-state index contributed by atoms with van der Waals surface area (Å²) in [6.07, 6.45) is 3.45. The number of benzene rings is 1. The van der Waals surface area contributed by atoms with Crippen molar-refractivity contribution in [2.24, 2.45) is 0 Å². The van der Waals surface area contributed by atoms with Crippen molar-refractivity contribution < 1.29 is 14.3 Å². The van der Waals surface area contributed by atoms with Gasteiger partial charge in [0.25, 0.3) is 0 Å². The Morgan fingerprint density at radius 2 is 2.06 bits per heavy atom. The Bertz CT molecular complexity index is 404. The van der Waals surface area contributed by atoms with Gasteiger partial charge in [0.05, 0.1) is 13.2 Å².